The third-order valence-corrected chi connectivity index (χ3v) is 2.91. The Labute approximate surface area is 99.1 Å². The van der Waals surface area contributed by atoms with Crippen LogP contribution in [-0.4, -0.2) is 31.7 Å². The van der Waals surface area contributed by atoms with Crippen LogP contribution < -0.4 is 10.6 Å². The molecule has 0 bridgehead atoms. The van der Waals surface area contributed by atoms with E-state index in [4.69, 9.17) is 0 Å². The van der Waals surface area contributed by atoms with Gasteiger partial charge in [0, 0.05) is 13.1 Å². The Morgan fingerprint density at radius 3 is 2.29 bits per heavy atom. The van der Waals surface area contributed by atoms with Crippen molar-refractivity contribution in [1.82, 2.24) is 10.6 Å². The molecule has 100 valence electrons. The highest BCUT2D eigenvalue weighted by Crippen LogP contribution is 2.43. The van der Waals surface area contributed by atoms with Crippen molar-refractivity contribution in [1.29, 1.82) is 0 Å². The van der Waals surface area contributed by atoms with Gasteiger partial charge in [-0.3, -0.25) is 4.79 Å². The maximum atomic E-state index is 13.0. The van der Waals surface area contributed by atoms with Gasteiger partial charge in [-0.1, -0.05) is 20.8 Å². The lowest BCUT2D eigenvalue weighted by Crippen LogP contribution is -2.53. The molecule has 0 aromatic carbocycles. The lowest BCUT2D eigenvalue weighted by atomic mass is 9.84. The first-order valence-corrected chi connectivity index (χ1v) is 5.64. The highest BCUT2D eigenvalue weighted by Gasteiger charge is 2.61. The van der Waals surface area contributed by atoms with Gasteiger partial charge in [0.25, 0.3) is 0 Å². The molecule has 17 heavy (non-hydrogen) atoms. The maximum Gasteiger partial charge on any atom is 0.404 e. The number of nitrogens with one attached hydrogen (secondary N) is 2. The van der Waals surface area contributed by atoms with Gasteiger partial charge in [-0.25, -0.2) is 0 Å². The van der Waals surface area contributed by atoms with Gasteiger partial charge in [-0.2, -0.15) is 13.2 Å². The third-order valence-electron chi connectivity index (χ3n) is 2.91. The number of hydrogen-bond donors (Lipinski definition) is 2. The van der Waals surface area contributed by atoms with Gasteiger partial charge in [0.05, 0.1) is 0 Å². The Morgan fingerprint density at radius 2 is 1.94 bits per heavy atom. The Hall–Kier alpha value is -0.780. The van der Waals surface area contributed by atoms with E-state index in [2.05, 4.69) is 10.6 Å². The van der Waals surface area contributed by atoms with E-state index in [1.165, 1.54) is 0 Å². The smallest absolute Gasteiger partial charge is 0.355 e. The highest BCUT2D eigenvalue weighted by atomic mass is 19.4. The number of halogens is 3. The molecule has 6 heteroatoms. The van der Waals surface area contributed by atoms with E-state index in [1.54, 1.807) is 0 Å². The molecule has 0 aromatic rings. The summed E-state index contributed by atoms with van der Waals surface area (Å²) in [5.74, 6) is -0.912. The summed E-state index contributed by atoms with van der Waals surface area (Å²) in [4.78, 5) is 11.8. The number of amides is 1. The van der Waals surface area contributed by atoms with E-state index in [0.717, 1.165) is 0 Å². The standard InChI is InChI=1S/C11H19F3N2O/c1-9(2,3)6-16-8(17)10(11(12,13)14)4-5-15-7-10/h15H,4-7H2,1-3H3,(H,16,17). The van der Waals surface area contributed by atoms with Crippen LogP contribution in [-0.2, 0) is 4.79 Å². The van der Waals surface area contributed by atoms with Crippen molar-refractivity contribution in [3.05, 3.63) is 0 Å². The molecule has 1 heterocycles. The molecule has 2 N–H and O–H groups in total. The van der Waals surface area contributed by atoms with Gasteiger partial charge in [0.2, 0.25) is 5.91 Å². The molecule has 1 saturated heterocycles. The number of carbonyl (C=O) groups is 1. The highest BCUT2D eigenvalue weighted by molar-refractivity contribution is 5.84. The maximum absolute atomic E-state index is 13.0. The Bertz CT molecular complexity index is 288. The zero-order valence-corrected chi connectivity index (χ0v) is 10.4. The first-order chi connectivity index (χ1) is 7.58. The van der Waals surface area contributed by atoms with Crippen LogP contribution in [0.1, 0.15) is 27.2 Å². The Morgan fingerprint density at radius 1 is 1.35 bits per heavy atom. The van der Waals surface area contributed by atoms with Crippen LogP contribution in [0.2, 0.25) is 0 Å². The Balaban J connectivity index is 2.76. The van der Waals surface area contributed by atoms with E-state index in [-0.39, 0.29) is 31.5 Å². The summed E-state index contributed by atoms with van der Waals surface area (Å²) in [6.45, 7) is 5.72. The predicted molar refractivity (Wildman–Crippen MR) is 58.4 cm³/mol. The summed E-state index contributed by atoms with van der Waals surface area (Å²) in [5.41, 5.74) is -2.48. The number of carbonyl (C=O) groups excluding carboxylic acids is 1. The minimum absolute atomic E-state index is 0.188. The van der Waals surface area contributed by atoms with E-state index in [9.17, 15) is 18.0 Å². The summed E-state index contributed by atoms with van der Waals surface area (Å²) >= 11 is 0. The van der Waals surface area contributed by atoms with Gasteiger partial charge in [0.1, 0.15) is 0 Å². The second-order valence-electron chi connectivity index (χ2n) is 5.75. The topological polar surface area (TPSA) is 41.1 Å². The van der Waals surface area contributed by atoms with Gasteiger partial charge in [-0.15, -0.1) is 0 Å². The summed E-state index contributed by atoms with van der Waals surface area (Å²) < 4.78 is 39.0. The lowest BCUT2D eigenvalue weighted by Gasteiger charge is -2.31. The van der Waals surface area contributed by atoms with Gasteiger partial charge in [0.15, 0.2) is 5.41 Å². The SMILES string of the molecule is CC(C)(C)CNC(=O)C1(C(F)(F)F)CCNC1. The molecule has 1 aliphatic heterocycles. The molecule has 0 spiro atoms. The van der Waals surface area contributed by atoms with Crippen molar-refractivity contribution in [2.75, 3.05) is 19.6 Å². The van der Waals surface area contributed by atoms with Crippen molar-refractivity contribution in [3.63, 3.8) is 0 Å². The number of rotatable bonds is 2. The number of hydrogen-bond acceptors (Lipinski definition) is 2. The minimum Gasteiger partial charge on any atom is -0.355 e. The zero-order chi connectivity index (χ0) is 13.3. The molecule has 1 fully saturated rings. The predicted octanol–water partition coefficient (Wildman–Crippen LogP) is 1.69. The van der Waals surface area contributed by atoms with Crippen molar-refractivity contribution < 1.29 is 18.0 Å². The first kappa shape index (κ1) is 14.3. The van der Waals surface area contributed by atoms with E-state index >= 15 is 0 Å². The van der Waals surface area contributed by atoms with Crippen LogP contribution >= 0.6 is 0 Å². The average Bonchev–Trinajstić information content (AvgIpc) is 2.61. The molecule has 1 unspecified atom stereocenters. The van der Waals surface area contributed by atoms with E-state index in [1.807, 2.05) is 20.8 Å². The second kappa shape index (κ2) is 4.48. The summed E-state index contributed by atoms with van der Waals surface area (Å²) in [6.07, 6.45) is -4.69. The molecule has 0 aliphatic carbocycles. The van der Waals surface area contributed by atoms with Crippen LogP contribution in [0.15, 0.2) is 0 Å². The molecular formula is C11H19F3N2O. The molecule has 0 radical (unpaired) electrons. The summed E-state index contributed by atoms with van der Waals surface area (Å²) in [7, 11) is 0. The lowest BCUT2D eigenvalue weighted by molar-refractivity contribution is -0.216. The van der Waals surface area contributed by atoms with E-state index < -0.39 is 17.5 Å². The zero-order valence-electron chi connectivity index (χ0n) is 10.4. The van der Waals surface area contributed by atoms with Gasteiger partial charge in [-0.05, 0) is 18.4 Å². The molecule has 1 amide bonds. The minimum atomic E-state index is -4.50. The Kier molecular flexibility index (Phi) is 3.76. The first-order valence-electron chi connectivity index (χ1n) is 5.64. The van der Waals surface area contributed by atoms with Crippen LogP contribution in [0.5, 0.6) is 0 Å². The number of alkyl halides is 3. The van der Waals surface area contributed by atoms with Crippen LogP contribution in [0.3, 0.4) is 0 Å². The molecule has 1 rings (SSSR count). The summed E-state index contributed by atoms with van der Waals surface area (Å²) in [5, 5.41) is 5.03. The molecule has 1 atom stereocenters. The second-order valence-corrected chi connectivity index (χ2v) is 5.75. The molecule has 0 aromatic heterocycles. The molecule has 0 saturated carbocycles. The monoisotopic (exact) mass is 252 g/mol. The fraction of sp³-hybridized carbons (Fsp3) is 0.909. The van der Waals surface area contributed by atoms with E-state index in [0.29, 0.717) is 0 Å². The largest absolute Gasteiger partial charge is 0.404 e. The van der Waals surface area contributed by atoms with Crippen molar-refractivity contribution in [2.45, 2.75) is 33.4 Å². The quantitative estimate of drug-likeness (QED) is 0.785. The fourth-order valence-electron chi connectivity index (χ4n) is 1.77. The average molecular weight is 252 g/mol. The third kappa shape index (κ3) is 3.12. The molecular weight excluding hydrogens is 233 g/mol. The van der Waals surface area contributed by atoms with Crippen molar-refractivity contribution in [3.8, 4) is 0 Å². The van der Waals surface area contributed by atoms with Gasteiger partial charge >= 0.3 is 6.18 Å². The van der Waals surface area contributed by atoms with Crippen LogP contribution in [0, 0.1) is 10.8 Å². The molecule has 3 nitrogen and oxygen atoms in total. The summed E-state index contributed by atoms with van der Waals surface area (Å²) in [6, 6.07) is 0. The van der Waals surface area contributed by atoms with Crippen molar-refractivity contribution >= 4 is 5.91 Å². The van der Waals surface area contributed by atoms with Gasteiger partial charge < -0.3 is 10.6 Å². The van der Waals surface area contributed by atoms with Crippen LogP contribution in [0.4, 0.5) is 13.2 Å². The van der Waals surface area contributed by atoms with Crippen LogP contribution in [0.25, 0.3) is 0 Å². The fourth-order valence-corrected chi connectivity index (χ4v) is 1.77. The van der Waals surface area contributed by atoms with Crippen molar-refractivity contribution in [2.24, 2.45) is 10.8 Å². The molecule has 1 aliphatic rings. The normalized spacial score (nSPS) is 26.0.